The highest BCUT2D eigenvalue weighted by atomic mass is 32.2. The van der Waals surface area contributed by atoms with Gasteiger partial charge >= 0.3 is 0 Å². The van der Waals surface area contributed by atoms with Crippen molar-refractivity contribution < 1.29 is 8.42 Å². The predicted molar refractivity (Wildman–Crippen MR) is 81.2 cm³/mol. The highest BCUT2D eigenvalue weighted by Crippen LogP contribution is 2.25. The molecule has 3 N–H and O–H groups in total. The van der Waals surface area contributed by atoms with Gasteiger partial charge in [0.1, 0.15) is 9.90 Å². The van der Waals surface area contributed by atoms with Crippen LogP contribution in [0.5, 0.6) is 0 Å². The van der Waals surface area contributed by atoms with Crippen LogP contribution in [0.15, 0.2) is 28.6 Å². The summed E-state index contributed by atoms with van der Waals surface area (Å²) in [5.74, 6) is 0. The zero-order valence-corrected chi connectivity index (χ0v) is 13.2. The summed E-state index contributed by atoms with van der Waals surface area (Å²) in [6.07, 6.45) is 1.65. The van der Waals surface area contributed by atoms with Gasteiger partial charge in [-0.1, -0.05) is 0 Å². The predicted octanol–water partition coefficient (Wildman–Crippen LogP) is 2.38. The van der Waals surface area contributed by atoms with Gasteiger partial charge < -0.3 is 5.73 Å². The van der Waals surface area contributed by atoms with Crippen molar-refractivity contribution in [3.8, 4) is 0 Å². The molecule has 1 aromatic carbocycles. The Morgan fingerprint density at radius 1 is 1.30 bits per heavy atom. The third-order valence-corrected chi connectivity index (χ3v) is 5.62. The largest absolute Gasteiger partial charge is 0.398 e. The van der Waals surface area contributed by atoms with Crippen LogP contribution in [0.4, 0.5) is 5.69 Å². The Hall–Kier alpha value is -1.44. The summed E-state index contributed by atoms with van der Waals surface area (Å²) in [6, 6.07) is 2.89. The van der Waals surface area contributed by atoms with Crippen LogP contribution in [0.3, 0.4) is 0 Å². The van der Waals surface area contributed by atoms with E-state index in [1.165, 1.54) is 11.3 Å². The van der Waals surface area contributed by atoms with Crippen molar-refractivity contribution in [1.29, 1.82) is 0 Å². The van der Waals surface area contributed by atoms with Crippen LogP contribution in [-0.4, -0.2) is 13.4 Å². The molecular formula is C13H17N3O2S2. The Kier molecular flexibility index (Phi) is 4.12. The highest BCUT2D eigenvalue weighted by molar-refractivity contribution is 7.89. The van der Waals surface area contributed by atoms with Crippen molar-refractivity contribution in [3.63, 3.8) is 0 Å². The summed E-state index contributed by atoms with van der Waals surface area (Å²) in [5.41, 5.74) is 7.95. The number of nitrogens with one attached hydrogen (secondary N) is 1. The van der Waals surface area contributed by atoms with E-state index in [0.29, 0.717) is 0 Å². The first-order valence-corrected chi connectivity index (χ1v) is 8.46. The molecule has 7 heteroatoms. The Morgan fingerprint density at radius 2 is 1.95 bits per heavy atom. The lowest BCUT2D eigenvalue weighted by Crippen LogP contribution is -2.27. The first kappa shape index (κ1) is 15.0. The SMILES string of the molecule is Cc1cc(N)c(S(=O)(=O)NC(C)c2nccs2)cc1C. The molecule has 2 aromatic rings. The molecule has 0 aliphatic rings. The molecule has 0 aliphatic carbocycles. The van der Waals surface area contributed by atoms with E-state index in [-0.39, 0.29) is 16.6 Å². The maximum absolute atomic E-state index is 12.4. The van der Waals surface area contributed by atoms with Crippen molar-refractivity contribution in [1.82, 2.24) is 9.71 Å². The molecule has 5 nitrogen and oxygen atoms in total. The fourth-order valence-corrected chi connectivity index (χ4v) is 3.97. The van der Waals surface area contributed by atoms with Gasteiger partial charge in [0.05, 0.1) is 11.7 Å². The van der Waals surface area contributed by atoms with Crippen LogP contribution in [0.25, 0.3) is 0 Å². The first-order valence-electron chi connectivity index (χ1n) is 6.09. The normalized spacial score (nSPS) is 13.3. The molecule has 1 unspecified atom stereocenters. The summed E-state index contributed by atoms with van der Waals surface area (Å²) in [7, 11) is -3.66. The number of nitrogens with zero attached hydrogens (tertiary/aromatic N) is 1. The molecule has 108 valence electrons. The third-order valence-electron chi connectivity index (χ3n) is 3.07. The van der Waals surface area contributed by atoms with Crippen molar-refractivity contribution in [3.05, 3.63) is 39.8 Å². The average molecular weight is 311 g/mol. The molecule has 1 heterocycles. The maximum Gasteiger partial charge on any atom is 0.243 e. The second-order valence-corrected chi connectivity index (χ2v) is 7.30. The van der Waals surface area contributed by atoms with E-state index in [1.807, 2.05) is 19.2 Å². The molecule has 0 fully saturated rings. The zero-order chi connectivity index (χ0) is 14.9. The molecule has 1 atom stereocenters. The number of aromatic nitrogens is 1. The molecule has 0 radical (unpaired) electrons. The van der Waals surface area contributed by atoms with Gasteiger partial charge in [0, 0.05) is 11.6 Å². The van der Waals surface area contributed by atoms with Gasteiger partial charge in [-0.2, -0.15) is 0 Å². The molecule has 2 rings (SSSR count). The Morgan fingerprint density at radius 3 is 2.55 bits per heavy atom. The minimum Gasteiger partial charge on any atom is -0.398 e. The smallest absolute Gasteiger partial charge is 0.243 e. The van der Waals surface area contributed by atoms with Gasteiger partial charge in [-0.3, -0.25) is 0 Å². The first-order chi connectivity index (χ1) is 9.31. The second-order valence-electron chi connectivity index (χ2n) is 4.69. The number of anilines is 1. The van der Waals surface area contributed by atoms with Crippen LogP contribution in [0, 0.1) is 13.8 Å². The monoisotopic (exact) mass is 311 g/mol. The van der Waals surface area contributed by atoms with Crippen LogP contribution in [-0.2, 0) is 10.0 Å². The number of sulfonamides is 1. The van der Waals surface area contributed by atoms with Crippen LogP contribution in [0.2, 0.25) is 0 Å². The van der Waals surface area contributed by atoms with Gasteiger partial charge in [-0.25, -0.2) is 18.1 Å². The number of benzene rings is 1. The van der Waals surface area contributed by atoms with E-state index in [4.69, 9.17) is 5.73 Å². The molecule has 20 heavy (non-hydrogen) atoms. The number of rotatable bonds is 4. The van der Waals surface area contributed by atoms with Crippen LogP contribution < -0.4 is 10.5 Å². The summed E-state index contributed by atoms with van der Waals surface area (Å²) < 4.78 is 27.4. The second kappa shape index (κ2) is 5.51. The quantitative estimate of drug-likeness (QED) is 0.849. The highest BCUT2D eigenvalue weighted by Gasteiger charge is 2.22. The van der Waals surface area contributed by atoms with Crippen molar-refractivity contribution in [2.45, 2.75) is 31.7 Å². The van der Waals surface area contributed by atoms with E-state index in [9.17, 15) is 8.42 Å². The fourth-order valence-electron chi connectivity index (χ4n) is 1.84. The lowest BCUT2D eigenvalue weighted by molar-refractivity contribution is 0.566. The fraction of sp³-hybridized carbons (Fsp3) is 0.308. The van der Waals surface area contributed by atoms with Crippen molar-refractivity contribution >= 4 is 27.0 Å². The Bertz CT molecular complexity index is 709. The number of hydrogen-bond acceptors (Lipinski definition) is 5. The zero-order valence-electron chi connectivity index (χ0n) is 11.5. The standard InChI is InChI=1S/C13H17N3O2S2/c1-8-6-11(14)12(7-9(8)2)20(17,18)16-10(3)13-15-4-5-19-13/h4-7,10,16H,14H2,1-3H3. The summed E-state index contributed by atoms with van der Waals surface area (Å²) in [5, 5.41) is 2.53. The number of aryl methyl sites for hydroxylation is 2. The summed E-state index contributed by atoms with van der Waals surface area (Å²) in [4.78, 5) is 4.22. The van der Waals surface area contributed by atoms with Gasteiger partial charge in [0.25, 0.3) is 0 Å². The summed E-state index contributed by atoms with van der Waals surface area (Å²) >= 11 is 1.41. The lowest BCUT2D eigenvalue weighted by Gasteiger charge is -2.14. The topological polar surface area (TPSA) is 85.1 Å². The minimum atomic E-state index is -3.66. The van der Waals surface area contributed by atoms with Crippen molar-refractivity contribution in [2.75, 3.05) is 5.73 Å². The molecule has 0 bridgehead atoms. The molecule has 1 aromatic heterocycles. The van der Waals surface area contributed by atoms with E-state index >= 15 is 0 Å². The number of hydrogen-bond donors (Lipinski definition) is 2. The number of nitrogens with two attached hydrogens (primary N) is 1. The Labute approximate surface area is 122 Å². The lowest BCUT2D eigenvalue weighted by atomic mass is 10.1. The average Bonchev–Trinajstić information content (AvgIpc) is 2.86. The Balaban J connectivity index is 2.34. The van der Waals surface area contributed by atoms with Crippen LogP contribution in [0.1, 0.15) is 29.1 Å². The van der Waals surface area contributed by atoms with Crippen molar-refractivity contribution in [2.24, 2.45) is 0 Å². The van der Waals surface area contributed by atoms with E-state index in [0.717, 1.165) is 16.1 Å². The van der Waals surface area contributed by atoms with Gasteiger partial charge in [-0.15, -0.1) is 11.3 Å². The molecule has 0 saturated carbocycles. The van der Waals surface area contributed by atoms with Crippen LogP contribution >= 0.6 is 11.3 Å². The maximum atomic E-state index is 12.4. The molecule has 0 saturated heterocycles. The molecule has 0 spiro atoms. The van der Waals surface area contributed by atoms with Gasteiger partial charge in [0.2, 0.25) is 10.0 Å². The molecular weight excluding hydrogens is 294 g/mol. The van der Waals surface area contributed by atoms with E-state index in [2.05, 4.69) is 9.71 Å². The molecule has 0 aliphatic heterocycles. The van der Waals surface area contributed by atoms with E-state index < -0.39 is 10.0 Å². The third kappa shape index (κ3) is 3.00. The molecule has 0 amide bonds. The van der Waals surface area contributed by atoms with Gasteiger partial charge in [-0.05, 0) is 44.0 Å². The number of thiazole rings is 1. The number of nitrogen functional groups attached to an aromatic ring is 1. The minimum absolute atomic E-state index is 0.115. The van der Waals surface area contributed by atoms with E-state index in [1.54, 1.807) is 25.3 Å². The summed E-state index contributed by atoms with van der Waals surface area (Å²) in [6.45, 7) is 5.51. The van der Waals surface area contributed by atoms with Gasteiger partial charge in [0.15, 0.2) is 0 Å².